The van der Waals surface area contributed by atoms with Crippen molar-refractivity contribution in [1.29, 1.82) is 0 Å². The van der Waals surface area contributed by atoms with Gasteiger partial charge in [0.15, 0.2) is 0 Å². The zero-order valence-electron chi connectivity index (χ0n) is 13.1. The Morgan fingerprint density at radius 2 is 1.96 bits per heavy atom. The molecule has 0 bridgehead atoms. The Hall–Kier alpha value is -2.09. The monoisotopic (exact) mass is 368 g/mol. The molecule has 0 aliphatic heterocycles. The molecule has 0 atom stereocenters. The van der Waals surface area contributed by atoms with Gasteiger partial charge in [-0.1, -0.05) is 23.2 Å². The van der Waals surface area contributed by atoms with Crippen LogP contribution in [0.2, 0.25) is 10.0 Å². The summed E-state index contributed by atoms with van der Waals surface area (Å²) in [6.07, 6.45) is 0.823. The second-order valence-corrected chi connectivity index (χ2v) is 5.81. The van der Waals surface area contributed by atoms with Gasteiger partial charge in [-0.2, -0.15) is 4.98 Å². The van der Waals surface area contributed by atoms with Gasteiger partial charge >= 0.3 is 6.03 Å². The van der Waals surface area contributed by atoms with Gasteiger partial charge in [0.1, 0.15) is 5.82 Å². The maximum absolute atomic E-state index is 12.0. The molecule has 0 aliphatic rings. The molecule has 2 rings (SSSR count). The number of carbonyl (C=O) groups is 1. The molecule has 9 heteroatoms. The summed E-state index contributed by atoms with van der Waals surface area (Å²) in [7, 11) is 0. The van der Waals surface area contributed by atoms with Crippen molar-refractivity contribution < 1.29 is 4.79 Å². The van der Waals surface area contributed by atoms with E-state index in [9.17, 15) is 4.79 Å². The summed E-state index contributed by atoms with van der Waals surface area (Å²) in [4.78, 5) is 20.5. The first kappa shape index (κ1) is 18.3. The lowest BCUT2D eigenvalue weighted by molar-refractivity contribution is 0.262. The third kappa shape index (κ3) is 5.52. The fourth-order valence-corrected chi connectivity index (χ4v) is 2.17. The van der Waals surface area contributed by atoms with Crippen molar-refractivity contribution in [2.24, 2.45) is 5.73 Å². The van der Waals surface area contributed by atoms with Crippen molar-refractivity contribution >= 4 is 46.7 Å². The Bertz CT molecular complexity index is 725. The topological polar surface area (TPSA) is 105 Å². The number of aryl methyl sites for hydroxylation is 1. The molecular weight excluding hydrogens is 351 g/mol. The SMILES string of the molecule is Cc1cc(NCCCN)nc(NC(=O)Nc2ccc(Cl)c(Cl)c2)n1. The molecule has 24 heavy (non-hydrogen) atoms. The van der Waals surface area contributed by atoms with Gasteiger partial charge in [-0.25, -0.2) is 9.78 Å². The standard InChI is InChI=1S/C15H18Cl2N6O/c1-9-7-13(19-6-2-5-18)22-14(20-9)23-15(24)21-10-3-4-11(16)12(17)8-10/h3-4,7-8H,2,5-6,18H2,1H3,(H3,19,20,21,22,23,24). The minimum absolute atomic E-state index is 0.197. The zero-order valence-corrected chi connectivity index (χ0v) is 14.6. The van der Waals surface area contributed by atoms with E-state index in [1.807, 2.05) is 6.92 Å². The van der Waals surface area contributed by atoms with Gasteiger partial charge in [0.2, 0.25) is 5.95 Å². The Morgan fingerprint density at radius 1 is 1.17 bits per heavy atom. The third-order valence-electron chi connectivity index (χ3n) is 2.94. The molecule has 1 aromatic heterocycles. The van der Waals surface area contributed by atoms with Crippen LogP contribution in [0.25, 0.3) is 0 Å². The molecule has 2 amide bonds. The van der Waals surface area contributed by atoms with E-state index >= 15 is 0 Å². The summed E-state index contributed by atoms with van der Waals surface area (Å²) in [5.41, 5.74) is 6.69. The first-order valence-electron chi connectivity index (χ1n) is 7.30. The molecule has 2 aromatic rings. The van der Waals surface area contributed by atoms with Crippen LogP contribution >= 0.6 is 23.2 Å². The number of nitrogens with one attached hydrogen (secondary N) is 3. The largest absolute Gasteiger partial charge is 0.370 e. The van der Waals surface area contributed by atoms with E-state index in [0.29, 0.717) is 34.6 Å². The number of carbonyl (C=O) groups excluding carboxylic acids is 1. The van der Waals surface area contributed by atoms with Gasteiger partial charge in [0.05, 0.1) is 10.0 Å². The number of urea groups is 1. The second kappa shape index (κ2) is 8.68. The molecule has 0 saturated carbocycles. The van der Waals surface area contributed by atoms with Crippen LogP contribution in [0.5, 0.6) is 0 Å². The van der Waals surface area contributed by atoms with E-state index in [4.69, 9.17) is 28.9 Å². The molecule has 0 aliphatic carbocycles. The minimum Gasteiger partial charge on any atom is -0.370 e. The predicted octanol–water partition coefficient (Wildman–Crippen LogP) is 3.50. The van der Waals surface area contributed by atoms with Crippen molar-refractivity contribution in [2.45, 2.75) is 13.3 Å². The number of rotatable bonds is 6. The van der Waals surface area contributed by atoms with E-state index in [-0.39, 0.29) is 5.95 Å². The van der Waals surface area contributed by atoms with E-state index in [2.05, 4.69) is 25.9 Å². The number of aromatic nitrogens is 2. The summed E-state index contributed by atoms with van der Waals surface area (Å²) in [6, 6.07) is 6.11. The fraction of sp³-hybridized carbons (Fsp3) is 0.267. The van der Waals surface area contributed by atoms with Crippen molar-refractivity contribution in [3.63, 3.8) is 0 Å². The molecule has 128 valence electrons. The zero-order chi connectivity index (χ0) is 17.5. The van der Waals surface area contributed by atoms with Crippen molar-refractivity contribution in [3.05, 3.63) is 40.0 Å². The number of hydrogen-bond donors (Lipinski definition) is 4. The van der Waals surface area contributed by atoms with Crippen molar-refractivity contribution in [1.82, 2.24) is 9.97 Å². The van der Waals surface area contributed by atoms with Crippen LogP contribution < -0.4 is 21.7 Å². The van der Waals surface area contributed by atoms with Gasteiger partial charge in [-0.05, 0) is 38.1 Å². The highest BCUT2D eigenvalue weighted by Crippen LogP contribution is 2.25. The Kier molecular flexibility index (Phi) is 6.60. The predicted molar refractivity (Wildman–Crippen MR) is 98.0 cm³/mol. The normalized spacial score (nSPS) is 10.3. The van der Waals surface area contributed by atoms with Gasteiger partial charge < -0.3 is 16.4 Å². The third-order valence-corrected chi connectivity index (χ3v) is 3.68. The molecule has 0 spiro atoms. The lowest BCUT2D eigenvalue weighted by Gasteiger charge is -2.10. The van der Waals surface area contributed by atoms with E-state index in [1.54, 1.807) is 24.3 Å². The highest BCUT2D eigenvalue weighted by atomic mass is 35.5. The summed E-state index contributed by atoms with van der Waals surface area (Å²) < 4.78 is 0. The number of amides is 2. The molecule has 0 unspecified atom stereocenters. The number of anilines is 3. The number of nitrogens with two attached hydrogens (primary N) is 1. The van der Waals surface area contributed by atoms with E-state index < -0.39 is 6.03 Å². The average Bonchev–Trinajstić information content (AvgIpc) is 2.50. The van der Waals surface area contributed by atoms with Gasteiger partial charge in [-0.3, -0.25) is 5.32 Å². The fourth-order valence-electron chi connectivity index (χ4n) is 1.87. The number of hydrogen-bond acceptors (Lipinski definition) is 5. The molecule has 1 heterocycles. The number of halogens is 2. The smallest absolute Gasteiger partial charge is 0.326 e. The van der Waals surface area contributed by atoms with Gasteiger partial charge in [-0.15, -0.1) is 0 Å². The summed E-state index contributed by atoms with van der Waals surface area (Å²) in [5.74, 6) is 0.823. The van der Waals surface area contributed by atoms with Crippen molar-refractivity contribution in [2.75, 3.05) is 29.0 Å². The van der Waals surface area contributed by atoms with Crippen LogP contribution in [0.3, 0.4) is 0 Å². The summed E-state index contributed by atoms with van der Waals surface area (Å²) >= 11 is 11.8. The quantitative estimate of drug-likeness (QED) is 0.584. The lowest BCUT2D eigenvalue weighted by atomic mass is 10.3. The minimum atomic E-state index is -0.480. The summed E-state index contributed by atoms with van der Waals surface area (Å²) in [6.45, 7) is 3.11. The molecule has 0 saturated heterocycles. The van der Waals surface area contributed by atoms with E-state index in [1.165, 1.54) is 0 Å². The first-order valence-corrected chi connectivity index (χ1v) is 8.06. The van der Waals surface area contributed by atoms with Gasteiger partial charge in [0, 0.05) is 24.0 Å². The van der Waals surface area contributed by atoms with Crippen LogP contribution in [-0.2, 0) is 0 Å². The van der Waals surface area contributed by atoms with Crippen LogP contribution in [0.15, 0.2) is 24.3 Å². The van der Waals surface area contributed by atoms with E-state index in [0.717, 1.165) is 12.1 Å². The molecule has 1 aromatic carbocycles. The lowest BCUT2D eigenvalue weighted by Crippen LogP contribution is -2.21. The Balaban J connectivity index is 2.01. The second-order valence-electron chi connectivity index (χ2n) is 5.00. The highest BCUT2D eigenvalue weighted by molar-refractivity contribution is 6.42. The molecule has 5 N–H and O–H groups in total. The van der Waals surface area contributed by atoms with Crippen LogP contribution in [0.1, 0.15) is 12.1 Å². The number of nitrogens with zero attached hydrogens (tertiary/aromatic N) is 2. The number of benzene rings is 1. The maximum Gasteiger partial charge on any atom is 0.326 e. The van der Waals surface area contributed by atoms with Crippen molar-refractivity contribution in [3.8, 4) is 0 Å². The average molecular weight is 369 g/mol. The van der Waals surface area contributed by atoms with Crippen LogP contribution in [-0.4, -0.2) is 29.1 Å². The molecule has 0 radical (unpaired) electrons. The Labute approximate surface area is 150 Å². The van der Waals surface area contributed by atoms with Gasteiger partial charge in [0.25, 0.3) is 0 Å². The molecule has 0 fully saturated rings. The highest BCUT2D eigenvalue weighted by Gasteiger charge is 2.08. The van der Waals surface area contributed by atoms with Crippen LogP contribution in [0.4, 0.5) is 22.2 Å². The summed E-state index contributed by atoms with van der Waals surface area (Å²) in [5, 5.41) is 9.12. The molecular formula is C15H18Cl2N6O. The molecule has 7 nitrogen and oxygen atoms in total. The Morgan fingerprint density at radius 3 is 2.67 bits per heavy atom. The maximum atomic E-state index is 12.0. The van der Waals surface area contributed by atoms with Crippen LogP contribution in [0, 0.1) is 6.92 Å². The first-order chi connectivity index (χ1) is 11.5.